The Morgan fingerprint density at radius 3 is 2.47 bits per heavy atom. The molecule has 90 valence electrons. The third kappa shape index (κ3) is 3.78. The number of phosphoric acid groups is 1. The van der Waals surface area contributed by atoms with Gasteiger partial charge in [0.1, 0.15) is 12.2 Å². The fourth-order valence-corrected chi connectivity index (χ4v) is 1.73. The molecule has 1 heterocycles. The van der Waals surface area contributed by atoms with Crippen molar-refractivity contribution in [1.82, 2.24) is 0 Å². The summed E-state index contributed by atoms with van der Waals surface area (Å²) in [6, 6.07) is 0. The van der Waals surface area contributed by atoms with E-state index in [1.54, 1.807) is 0 Å². The summed E-state index contributed by atoms with van der Waals surface area (Å²) < 4.78 is 19.5. The van der Waals surface area contributed by atoms with Crippen LogP contribution in [-0.4, -0.2) is 56.3 Å². The van der Waals surface area contributed by atoms with Crippen LogP contribution in [0.25, 0.3) is 0 Å². The molecule has 1 fully saturated rings. The van der Waals surface area contributed by atoms with Crippen LogP contribution >= 0.6 is 7.82 Å². The van der Waals surface area contributed by atoms with Gasteiger partial charge in [-0.1, -0.05) is 0 Å². The minimum Gasteiger partial charge on any atom is -0.394 e. The first-order valence-electron chi connectivity index (χ1n) is 4.20. The van der Waals surface area contributed by atoms with Crippen molar-refractivity contribution in [2.24, 2.45) is 0 Å². The van der Waals surface area contributed by atoms with Gasteiger partial charge in [-0.15, -0.1) is 0 Å². The second-order valence-corrected chi connectivity index (χ2v) is 4.37. The molecule has 0 aromatic heterocycles. The molecule has 1 rings (SSSR count). The van der Waals surface area contributed by atoms with Crippen molar-refractivity contribution in [3.63, 3.8) is 0 Å². The van der Waals surface area contributed by atoms with Crippen LogP contribution < -0.4 is 0 Å². The molecule has 0 unspecified atom stereocenters. The lowest BCUT2D eigenvalue weighted by atomic mass is 10.0. The fraction of sp³-hybridized carbons (Fsp3) is 1.00. The molecular weight excluding hydrogens is 231 g/mol. The van der Waals surface area contributed by atoms with E-state index in [0.29, 0.717) is 0 Å². The van der Waals surface area contributed by atoms with Gasteiger partial charge in [-0.3, -0.25) is 4.52 Å². The first kappa shape index (κ1) is 13.0. The zero-order valence-corrected chi connectivity index (χ0v) is 8.53. The van der Waals surface area contributed by atoms with E-state index in [9.17, 15) is 14.8 Å². The molecule has 0 radical (unpaired) electrons. The second-order valence-electron chi connectivity index (χ2n) is 3.18. The van der Waals surface area contributed by atoms with E-state index in [2.05, 4.69) is 4.52 Å². The summed E-state index contributed by atoms with van der Waals surface area (Å²) in [4.78, 5) is 17.0. The molecule has 0 aromatic rings. The number of phosphoric ester groups is 1. The Morgan fingerprint density at radius 1 is 1.40 bits per heavy atom. The van der Waals surface area contributed by atoms with E-state index in [1.807, 2.05) is 0 Å². The van der Waals surface area contributed by atoms with Crippen LogP contribution in [0.1, 0.15) is 6.42 Å². The Labute approximate surface area is 85.3 Å². The molecule has 0 amide bonds. The van der Waals surface area contributed by atoms with Gasteiger partial charge in [0.15, 0.2) is 6.29 Å². The number of aliphatic hydroxyl groups is 3. The second kappa shape index (κ2) is 4.86. The lowest BCUT2D eigenvalue weighted by molar-refractivity contribution is -0.233. The normalized spacial score (nSPS) is 37.9. The Balaban J connectivity index is 2.59. The summed E-state index contributed by atoms with van der Waals surface area (Å²) in [5.74, 6) is 0. The maximum Gasteiger partial charge on any atom is 0.471 e. The molecule has 5 N–H and O–H groups in total. The number of hydrogen-bond acceptors (Lipinski definition) is 6. The molecule has 9 heteroatoms. The highest BCUT2D eigenvalue weighted by Crippen LogP contribution is 2.40. The van der Waals surface area contributed by atoms with Gasteiger partial charge in [-0.2, -0.15) is 0 Å². The lowest BCUT2D eigenvalue weighted by Crippen LogP contribution is -2.50. The smallest absolute Gasteiger partial charge is 0.394 e. The molecule has 1 aliphatic rings. The van der Waals surface area contributed by atoms with E-state index >= 15 is 0 Å². The van der Waals surface area contributed by atoms with Crippen molar-refractivity contribution >= 4 is 7.82 Å². The maximum atomic E-state index is 10.5. The van der Waals surface area contributed by atoms with Crippen molar-refractivity contribution in [2.75, 3.05) is 6.61 Å². The number of ether oxygens (including phenoxy) is 1. The van der Waals surface area contributed by atoms with E-state index in [1.165, 1.54) is 0 Å². The predicted molar refractivity (Wildman–Crippen MR) is 45.5 cm³/mol. The number of rotatable bonds is 3. The zero-order valence-electron chi connectivity index (χ0n) is 7.63. The average molecular weight is 244 g/mol. The van der Waals surface area contributed by atoms with Gasteiger partial charge >= 0.3 is 7.82 Å². The van der Waals surface area contributed by atoms with Crippen molar-refractivity contribution < 1.29 is 38.9 Å². The van der Waals surface area contributed by atoms with Crippen molar-refractivity contribution in [1.29, 1.82) is 0 Å². The fourth-order valence-electron chi connectivity index (χ4n) is 1.29. The number of hydrogen-bond donors (Lipinski definition) is 5. The van der Waals surface area contributed by atoms with Gasteiger partial charge in [0.05, 0.1) is 12.7 Å². The van der Waals surface area contributed by atoms with Crippen LogP contribution in [0, 0.1) is 0 Å². The van der Waals surface area contributed by atoms with Crippen molar-refractivity contribution in [3.8, 4) is 0 Å². The van der Waals surface area contributed by atoms with Crippen LogP contribution in [0.3, 0.4) is 0 Å². The molecule has 0 aromatic carbocycles. The van der Waals surface area contributed by atoms with Crippen LogP contribution in [0.5, 0.6) is 0 Å². The maximum absolute atomic E-state index is 10.5. The van der Waals surface area contributed by atoms with Gasteiger partial charge in [-0.25, -0.2) is 4.57 Å². The van der Waals surface area contributed by atoms with Crippen LogP contribution in [0.2, 0.25) is 0 Å². The highest BCUT2D eigenvalue weighted by molar-refractivity contribution is 7.46. The Bertz CT molecular complexity index is 252. The van der Waals surface area contributed by atoms with E-state index < -0.39 is 39.0 Å². The summed E-state index contributed by atoms with van der Waals surface area (Å²) in [7, 11) is -4.72. The van der Waals surface area contributed by atoms with Crippen LogP contribution in [0.4, 0.5) is 0 Å². The Hall–Kier alpha value is -0.0500. The average Bonchev–Trinajstić information content (AvgIpc) is 2.08. The number of aliphatic hydroxyl groups excluding tert-OH is 3. The third-order valence-electron chi connectivity index (χ3n) is 1.97. The SMILES string of the molecule is O=P(O)(O)O[C@@H]1C[C@@H](O)[C@H](O)[C@@H](CO)O1. The summed E-state index contributed by atoms with van der Waals surface area (Å²) in [6.07, 6.45) is -5.30. The summed E-state index contributed by atoms with van der Waals surface area (Å²) in [6.45, 7) is -0.584. The topological polar surface area (TPSA) is 137 Å². The van der Waals surface area contributed by atoms with Gasteiger partial charge < -0.3 is 29.8 Å². The molecule has 0 saturated carbocycles. The molecule has 1 aliphatic heterocycles. The minimum atomic E-state index is -4.72. The van der Waals surface area contributed by atoms with Gasteiger partial charge in [0, 0.05) is 6.42 Å². The summed E-state index contributed by atoms with van der Waals surface area (Å²) in [5.41, 5.74) is 0. The molecule has 4 atom stereocenters. The summed E-state index contributed by atoms with van der Waals surface area (Å²) >= 11 is 0. The molecule has 0 aliphatic carbocycles. The molecule has 1 saturated heterocycles. The van der Waals surface area contributed by atoms with Gasteiger partial charge in [-0.05, 0) is 0 Å². The van der Waals surface area contributed by atoms with E-state index in [4.69, 9.17) is 19.6 Å². The van der Waals surface area contributed by atoms with E-state index in [-0.39, 0.29) is 6.42 Å². The highest BCUT2D eigenvalue weighted by atomic mass is 31.2. The molecule has 0 spiro atoms. The standard InChI is InChI=1S/C6H13O8P/c7-2-4-6(9)3(8)1-5(13-4)14-15(10,11)12/h3-9H,1-2H2,(H2,10,11,12)/t3-,4-,5-,6+/m1/s1. The molecule has 0 bridgehead atoms. The van der Waals surface area contributed by atoms with Crippen LogP contribution in [-0.2, 0) is 13.8 Å². The van der Waals surface area contributed by atoms with Crippen LogP contribution in [0.15, 0.2) is 0 Å². The molecule has 15 heavy (non-hydrogen) atoms. The Kier molecular flexibility index (Phi) is 4.21. The summed E-state index contributed by atoms with van der Waals surface area (Å²) in [5, 5.41) is 27.3. The first-order valence-corrected chi connectivity index (χ1v) is 5.73. The molecule has 8 nitrogen and oxygen atoms in total. The van der Waals surface area contributed by atoms with Gasteiger partial charge in [0.2, 0.25) is 0 Å². The van der Waals surface area contributed by atoms with E-state index in [0.717, 1.165) is 0 Å². The Morgan fingerprint density at radius 2 is 2.00 bits per heavy atom. The predicted octanol–water partition coefficient (Wildman–Crippen LogP) is -2.08. The quantitative estimate of drug-likeness (QED) is 0.357. The van der Waals surface area contributed by atoms with Crippen molar-refractivity contribution in [2.45, 2.75) is 31.0 Å². The zero-order chi connectivity index (χ0) is 11.6. The lowest BCUT2D eigenvalue weighted by Gasteiger charge is -2.35. The van der Waals surface area contributed by atoms with Crippen molar-refractivity contribution in [3.05, 3.63) is 0 Å². The molecular formula is C6H13O8P. The minimum absolute atomic E-state index is 0.275. The third-order valence-corrected chi connectivity index (χ3v) is 2.48. The first-order chi connectivity index (χ1) is 6.83. The largest absolute Gasteiger partial charge is 0.471 e. The monoisotopic (exact) mass is 244 g/mol. The van der Waals surface area contributed by atoms with Gasteiger partial charge in [0.25, 0.3) is 0 Å². The highest BCUT2D eigenvalue weighted by Gasteiger charge is 2.39.